The lowest BCUT2D eigenvalue weighted by Gasteiger charge is -2.44. The van der Waals surface area contributed by atoms with E-state index in [0.29, 0.717) is 51.0 Å². The molecule has 0 aliphatic carbocycles. The van der Waals surface area contributed by atoms with Gasteiger partial charge in [0.25, 0.3) is 0 Å². The molecule has 0 heterocycles. The van der Waals surface area contributed by atoms with Crippen LogP contribution in [0.4, 0.5) is 0 Å². The first-order valence-electron chi connectivity index (χ1n) is 35.9. The molecule has 6 atom stereocenters. The minimum atomic E-state index is -2.87. The zero-order valence-corrected chi connectivity index (χ0v) is 78.7. The number of ether oxygens (including phenoxy) is 4. The van der Waals surface area contributed by atoms with E-state index in [-0.39, 0.29) is 39.3 Å². The standard InChI is InChI=1S/C62H144O20Si13/c1-29-31-33-35-51-92(25,73-83(3,4)5)79-90(21,22)81-94(27,75-85(9,10)11)53-37-41-57(55-59(63)64)61(67)71-47-45-69-43-39-49-87(15,16)77-89(19,20)78-88(17,18)50-40-44-70-46-48-72-62(68)58(56-60(65)66)42-38-54-95(28,76-86(12,13)14)82-91(23,24)80-93(26,74-84(6,7)8)52-36-34-32-30-2/h57-58H,29-56H2,1-28H3,(H,63,64)(H,65,66). The summed E-state index contributed by atoms with van der Waals surface area (Å²) in [5.41, 5.74) is 0. The van der Waals surface area contributed by atoms with Crippen molar-refractivity contribution in [2.45, 2.75) is 323 Å². The Balaban J connectivity index is 5.27. The second-order valence-electron chi connectivity index (χ2n) is 33.5. The average molecular weight is 1570 g/mol. The van der Waals surface area contributed by atoms with Crippen LogP contribution in [0.15, 0.2) is 0 Å². The lowest BCUT2D eigenvalue weighted by molar-refractivity contribution is -0.154. The van der Waals surface area contributed by atoms with Crippen LogP contribution in [0.3, 0.4) is 0 Å². The molecule has 0 aliphatic rings. The molecule has 0 aromatic rings. The van der Waals surface area contributed by atoms with Crippen molar-refractivity contribution in [3.05, 3.63) is 0 Å². The van der Waals surface area contributed by atoms with Gasteiger partial charge in [-0.1, -0.05) is 78.1 Å². The minimum absolute atomic E-state index is 0.0284. The largest absolute Gasteiger partial charge is 0.481 e. The monoisotopic (exact) mass is 1570 g/mol. The second-order valence-corrected chi connectivity index (χ2v) is 86.1. The van der Waals surface area contributed by atoms with Crippen molar-refractivity contribution in [1.82, 2.24) is 0 Å². The SMILES string of the molecule is CCCCCC[Si](C)(O[Si](C)(C)C)O[Si](C)(C)O[Si](C)(CCCC(CC(=O)O)C(=O)OCCOCCC[Si](C)(C)O[Si](C)(C)O[Si](C)(C)CCCOCCOC(=O)C(CCC[Si](C)(O[Si](C)(C)C)O[Si](C)(C)O[Si](C)(CCCCCC)O[Si](C)(C)C)CC(=O)O)O[Si](C)(C)C. The molecule has 0 aliphatic heterocycles. The fourth-order valence-corrected chi connectivity index (χ4v) is 74.2. The Morgan fingerprint density at radius 2 is 0.558 bits per heavy atom. The average Bonchev–Trinajstić information content (AvgIpc) is 0.815. The predicted molar refractivity (Wildman–Crippen MR) is 418 cm³/mol. The minimum Gasteiger partial charge on any atom is -0.481 e. The Morgan fingerprint density at radius 1 is 0.295 bits per heavy atom. The summed E-state index contributed by atoms with van der Waals surface area (Å²) in [6.07, 6.45) is 11.8. The lowest BCUT2D eigenvalue weighted by atomic mass is 10.0. The third-order valence-electron chi connectivity index (χ3n) is 14.9. The Hall–Kier alpha value is 0.219. The zero-order chi connectivity index (χ0) is 73.7. The van der Waals surface area contributed by atoms with E-state index >= 15 is 0 Å². The summed E-state index contributed by atoms with van der Waals surface area (Å²) >= 11 is 0. The van der Waals surface area contributed by atoms with Gasteiger partial charge in [-0.15, -0.1) is 0 Å². The van der Waals surface area contributed by atoms with Crippen LogP contribution in [0.1, 0.15) is 117 Å². The van der Waals surface area contributed by atoms with Gasteiger partial charge in [0, 0.05) is 13.2 Å². The molecule has 33 heteroatoms. The van der Waals surface area contributed by atoms with Crippen molar-refractivity contribution in [3.63, 3.8) is 0 Å². The third kappa shape index (κ3) is 50.3. The predicted octanol–water partition coefficient (Wildman–Crippen LogP) is 18.1. The Kier molecular flexibility index (Phi) is 43.0. The normalized spacial score (nSPS) is 16.7. The Morgan fingerprint density at radius 3 is 0.811 bits per heavy atom. The highest BCUT2D eigenvalue weighted by molar-refractivity contribution is 6.92. The molecule has 0 aromatic carbocycles. The molecular formula is C62H144O20Si13. The van der Waals surface area contributed by atoms with Crippen molar-refractivity contribution in [2.75, 3.05) is 39.6 Å². The molecule has 0 aromatic heterocycles. The molecule has 0 rings (SSSR count). The first-order valence-corrected chi connectivity index (χ1v) is 74.3. The first kappa shape index (κ1) is 95.2. The lowest BCUT2D eigenvalue weighted by Crippen LogP contribution is -2.59. The smallest absolute Gasteiger partial charge is 0.315 e. The van der Waals surface area contributed by atoms with Crippen LogP contribution in [0, 0.1) is 11.8 Å². The molecule has 0 radical (unpaired) electrons. The van der Waals surface area contributed by atoms with Crippen molar-refractivity contribution < 1.29 is 89.5 Å². The van der Waals surface area contributed by atoms with E-state index in [1.165, 1.54) is 12.8 Å². The van der Waals surface area contributed by atoms with E-state index in [0.717, 1.165) is 75.5 Å². The molecule has 0 fully saturated rings. The Labute approximate surface area is 593 Å². The highest BCUT2D eigenvalue weighted by atomic mass is 28.5. The number of aliphatic carboxylic acids is 2. The van der Waals surface area contributed by atoms with E-state index in [1.54, 1.807) is 0 Å². The quantitative estimate of drug-likeness (QED) is 0.0327. The highest BCUT2D eigenvalue weighted by Gasteiger charge is 2.50. The summed E-state index contributed by atoms with van der Waals surface area (Å²) in [5.74, 6) is -4.80. The number of hydrogen-bond acceptors (Lipinski definition) is 18. The molecule has 0 saturated heterocycles. The topological polar surface area (TPSA) is 238 Å². The molecule has 0 spiro atoms. The van der Waals surface area contributed by atoms with E-state index in [2.05, 4.69) is 184 Å². The highest BCUT2D eigenvalue weighted by Crippen LogP contribution is 2.36. The van der Waals surface area contributed by atoms with Crippen LogP contribution in [0.5, 0.6) is 0 Å². The summed E-state index contributed by atoms with van der Waals surface area (Å²) in [7, 11) is -31.3. The number of carboxylic acids is 2. The van der Waals surface area contributed by atoms with Crippen LogP contribution in [0.25, 0.3) is 0 Å². The maximum absolute atomic E-state index is 13.4. The van der Waals surface area contributed by atoms with E-state index in [4.69, 9.17) is 60.1 Å². The number of rotatable bonds is 58. The number of carboxylic acid groups (broad SMARTS) is 2. The van der Waals surface area contributed by atoms with Crippen molar-refractivity contribution in [2.24, 2.45) is 11.8 Å². The van der Waals surface area contributed by atoms with Gasteiger partial charge in [0.1, 0.15) is 13.2 Å². The van der Waals surface area contributed by atoms with Gasteiger partial charge in [-0.25, -0.2) is 0 Å². The van der Waals surface area contributed by atoms with Gasteiger partial charge in [0.15, 0.2) is 49.9 Å². The number of carbonyl (C=O) groups is 4. The van der Waals surface area contributed by atoms with Gasteiger partial charge in [-0.2, -0.15) is 0 Å². The van der Waals surface area contributed by atoms with Crippen LogP contribution in [-0.2, 0) is 79.3 Å². The fourth-order valence-electron chi connectivity index (χ4n) is 12.8. The molecular weight excluding hydrogens is 1430 g/mol. The number of esters is 2. The summed E-state index contributed by atoms with van der Waals surface area (Å²) in [4.78, 5) is 50.8. The molecule has 6 unspecified atom stereocenters. The summed E-state index contributed by atoms with van der Waals surface area (Å²) in [6.45, 7) is 62.0. The number of unbranched alkanes of at least 4 members (excludes halogenated alkanes) is 6. The van der Waals surface area contributed by atoms with Gasteiger partial charge in [-0.05, 0) is 232 Å². The van der Waals surface area contributed by atoms with Crippen molar-refractivity contribution in [3.8, 4) is 0 Å². The van der Waals surface area contributed by atoms with E-state index < -0.39 is 146 Å². The molecule has 0 bridgehead atoms. The van der Waals surface area contributed by atoms with Gasteiger partial charge in [0.2, 0.25) is 0 Å². The molecule has 2 N–H and O–H groups in total. The van der Waals surface area contributed by atoms with Crippen LogP contribution in [0.2, 0.25) is 206 Å². The van der Waals surface area contributed by atoms with Crippen LogP contribution >= 0.6 is 0 Å². The maximum atomic E-state index is 13.4. The van der Waals surface area contributed by atoms with Crippen LogP contribution in [-0.4, -0.2) is 184 Å². The van der Waals surface area contributed by atoms with Gasteiger partial charge >= 0.3 is 83.8 Å². The molecule has 0 saturated carbocycles. The van der Waals surface area contributed by atoms with Crippen molar-refractivity contribution >= 4 is 134 Å². The zero-order valence-electron chi connectivity index (χ0n) is 65.7. The summed E-state index contributed by atoms with van der Waals surface area (Å²) < 4.78 is 92.5. The number of carbonyl (C=O) groups excluding carboxylic acids is 2. The molecule has 564 valence electrons. The first-order chi connectivity index (χ1) is 43.0. The number of hydrogen-bond donors (Lipinski definition) is 2. The fraction of sp³-hybridized carbons (Fsp3) is 0.935. The second kappa shape index (κ2) is 42.9. The molecule has 95 heavy (non-hydrogen) atoms. The van der Waals surface area contributed by atoms with Gasteiger partial charge in [-0.3, -0.25) is 19.2 Å². The van der Waals surface area contributed by atoms with Crippen LogP contribution < -0.4 is 0 Å². The molecule has 0 amide bonds. The van der Waals surface area contributed by atoms with E-state index in [1.807, 2.05) is 0 Å². The maximum Gasteiger partial charge on any atom is 0.315 e. The Bertz CT molecular complexity index is 2070. The third-order valence-corrected chi connectivity index (χ3v) is 62.9. The van der Waals surface area contributed by atoms with E-state index in [9.17, 15) is 29.4 Å². The van der Waals surface area contributed by atoms with Gasteiger partial charge in [0.05, 0.1) is 37.9 Å². The summed E-state index contributed by atoms with van der Waals surface area (Å²) in [5, 5.41) is 19.7. The molecule has 20 nitrogen and oxygen atoms in total. The summed E-state index contributed by atoms with van der Waals surface area (Å²) in [6, 6.07) is 4.72. The van der Waals surface area contributed by atoms with Crippen molar-refractivity contribution in [1.29, 1.82) is 0 Å². The van der Waals surface area contributed by atoms with Gasteiger partial charge < -0.3 is 70.3 Å².